The lowest BCUT2D eigenvalue weighted by Gasteiger charge is -2.60. The maximum atomic E-state index is 2.88. The molecule has 8 aliphatic carbocycles. The number of hydrogen-bond acceptors (Lipinski definition) is 3. The molecule has 266 valence electrons. The van der Waals surface area contributed by atoms with E-state index in [1.165, 1.54) is 95.5 Å². The molecule has 0 aromatic carbocycles. The zero-order valence-corrected chi connectivity index (χ0v) is 32.2. The van der Waals surface area contributed by atoms with Gasteiger partial charge in [0.2, 0.25) is 0 Å². The van der Waals surface area contributed by atoms with Crippen LogP contribution in [0.25, 0.3) is 0 Å². The van der Waals surface area contributed by atoms with Crippen LogP contribution in [0.1, 0.15) is 89.9 Å². The van der Waals surface area contributed by atoms with Crippen LogP contribution in [0.5, 0.6) is 0 Å². The molecule has 9 unspecified atom stereocenters. The first kappa shape index (κ1) is 32.5. The van der Waals surface area contributed by atoms with Crippen LogP contribution in [0.3, 0.4) is 0 Å². The van der Waals surface area contributed by atoms with Crippen molar-refractivity contribution in [1.82, 2.24) is 4.90 Å². The predicted octanol–water partition coefficient (Wildman–Crippen LogP) is 12.7. The van der Waals surface area contributed by atoms with Crippen molar-refractivity contribution in [3.05, 3.63) is 153 Å². The predicted molar refractivity (Wildman–Crippen MR) is 223 cm³/mol. The summed E-state index contributed by atoms with van der Waals surface area (Å²) in [7, 11) is 0. The Labute approximate surface area is 320 Å². The zero-order chi connectivity index (χ0) is 34.2. The van der Waals surface area contributed by atoms with E-state index in [4.69, 9.17) is 0 Å². The van der Waals surface area contributed by atoms with E-state index in [0.717, 1.165) is 0 Å². The molecule has 0 saturated carbocycles. The minimum atomic E-state index is 0.00674. The van der Waals surface area contributed by atoms with Gasteiger partial charge >= 0.3 is 0 Å². The Morgan fingerprint density at radius 1 is 0.731 bits per heavy atom. The summed E-state index contributed by atoms with van der Waals surface area (Å²) in [6.45, 7) is 0. The molecule has 1 fully saturated rings. The average molecular weight is 720 g/mol. The SMILES string of the molecule is C1=CC2SC3CCCC=C3C3(C4=C(CCC(C5=CCCC=C5)=C4)SC4C=CC(C5C=CC6C7=C(CCC=C7)N(C7=CCCCC7)C6C5)=CC43)C2C=C1. The van der Waals surface area contributed by atoms with Crippen LogP contribution in [0.4, 0.5) is 0 Å². The molecule has 0 bridgehead atoms. The standard InChI is InChI=1S/C49H53NS2/c1-3-13-32(14-4-1)33-24-27-47-41(29-33)49(39-18-8-11-21-45(39)51-46-22-12-9-19-40(46)49)42-30-34(25-28-48(42)52-47)35-23-26-38-37-17-7-10-20-43(37)50(44(38)31-35)36-15-5-2-6-16-36/h3,7-8,11,13-15,17-19,21,23,25-26,28-30,35,38-39,42,44-46,48H,1-2,4-6,9-10,12,16,20,22,24,27,31H2. The van der Waals surface area contributed by atoms with Crippen molar-refractivity contribution in [3.8, 4) is 0 Å². The fourth-order valence-corrected chi connectivity index (χ4v) is 15.6. The lowest BCUT2D eigenvalue weighted by molar-refractivity contribution is 0.216. The average Bonchev–Trinajstić information content (AvgIpc) is 3.55. The van der Waals surface area contributed by atoms with Gasteiger partial charge in [0, 0.05) is 62.3 Å². The summed E-state index contributed by atoms with van der Waals surface area (Å²) in [5.41, 5.74) is 13.1. The molecular formula is C49H53NS2. The topological polar surface area (TPSA) is 3.24 Å². The number of rotatable bonds is 3. The molecule has 1 spiro atoms. The normalized spacial score (nSPS) is 39.8. The van der Waals surface area contributed by atoms with E-state index in [2.05, 4.69) is 132 Å². The molecule has 52 heavy (non-hydrogen) atoms. The lowest BCUT2D eigenvalue weighted by Crippen LogP contribution is -2.55. The molecule has 0 N–H and O–H groups in total. The molecule has 11 rings (SSSR count). The van der Waals surface area contributed by atoms with Crippen LogP contribution >= 0.6 is 23.5 Å². The van der Waals surface area contributed by atoms with Crippen LogP contribution in [0.15, 0.2) is 153 Å². The van der Waals surface area contributed by atoms with Crippen molar-refractivity contribution in [1.29, 1.82) is 0 Å². The quantitative estimate of drug-likeness (QED) is 0.267. The number of thioether (sulfide) groups is 2. The number of nitrogens with zero attached hydrogens (tertiary/aromatic N) is 1. The van der Waals surface area contributed by atoms with Gasteiger partial charge in [-0.05, 0) is 128 Å². The minimum Gasteiger partial charge on any atom is -0.345 e. The van der Waals surface area contributed by atoms with Crippen LogP contribution in [0, 0.1) is 29.1 Å². The first-order valence-electron chi connectivity index (χ1n) is 20.9. The highest BCUT2D eigenvalue weighted by Gasteiger charge is 2.61. The Morgan fingerprint density at radius 2 is 1.67 bits per heavy atom. The molecular weight excluding hydrogens is 667 g/mol. The highest BCUT2D eigenvalue weighted by molar-refractivity contribution is 8.04. The van der Waals surface area contributed by atoms with Gasteiger partial charge in [-0.25, -0.2) is 0 Å². The summed E-state index contributed by atoms with van der Waals surface area (Å²) in [6, 6.07) is 0.552. The summed E-state index contributed by atoms with van der Waals surface area (Å²) >= 11 is 4.52. The van der Waals surface area contributed by atoms with Gasteiger partial charge in [0.05, 0.1) is 0 Å². The van der Waals surface area contributed by atoms with Gasteiger partial charge in [0.15, 0.2) is 0 Å². The Morgan fingerprint density at radius 3 is 2.60 bits per heavy atom. The van der Waals surface area contributed by atoms with Crippen molar-refractivity contribution in [2.45, 2.75) is 112 Å². The fourth-order valence-electron chi connectivity index (χ4n) is 12.3. The van der Waals surface area contributed by atoms with E-state index >= 15 is 0 Å². The van der Waals surface area contributed by atoms with E-state index in [1.54, 1.807) is 44.2 Å². The maximum absolute atomic E-state index is 2.88. The van der Waals surface area contributed by atoms with E-state index in [1.807, 2.05) is 0 Å². The highest BCUT2D eigenvalue weighted by Crippen LogP contribution is 2.69. The third kappa shape index (κ3) is 5.03. The summed E-state index contributed by atoms with van der Waals surface area (Å²) in [5.74, 6) is 1.94. The molecule has 0 aromatic rings. The van der Waals surface area contributed by atoms with Crippen LogP contribution in [0.2, 0.25) is 0 Å². The Bertz CT molecular complexity index is 1960. The monoisotopic (exact) mass is 719 g/mol. The first-order valence-corrected chi connectivity index (χ1v) is 22.7. The second-order valence-electron chi connectivity index (χ2n) is 17.1. The van der Waals surface area contributed by atoms with Gasteiger partial charge in [-0.3, -0.25) is 0 Å². The molecule has 0 aromatic heterocycles. The smallest absolute Gasteiger partial charge is 0.0448 e. The summed E-state index contributed by atoms with van der Waals surface area (Å²) in [4.78, 5) is 4.57. The van der Waals surface area contributed by atoms with Gasteiger partial charge < -0.3 is 4.90 Å². The third-order valence-corrected chi connectivity index (χ3v) is 17.5. The lowest BCUT2D eigenvalue weighted by atomic mass is 9.52. The number of allylic oxidation sites excluding steroid dienone is 21. The number of hydrogen-bond donors (Lipinski definition) is 0. The second kappa shape index (κ2) is 13.2. The van der Waals surface area contributed by atoms with Gasteiger partial charge in [0.25, 0.3) is 0 Å². The van der Waals surface area contributed by atoms with Crippen LogP contribution in [-0.4, -0.2) is 26.7 Å². The van der Waals surface area contributed by atoms with Crippen molar-refractivity contribution >= 4 is 23.5 Å². The zero-order valence-electron chi connectivity index (χ0n) is 30.6. The molecule has 0 radical (unpaired) electrons. The van der Waals surface area contributed by atoms with Crippen molar-refractivity contribution < 1.29 is 0 Å². The molecule has 11 aliphatic rings. The fraction of sp³-hybridized carbons (Fsp3) is 0.469. The summed E-state index contributed by atoms with van der Waals surface area (Å²) in [5, 5.41) is 1.65. The Balaban J connectivity index is 1.03. The van der Waals surface area contributed by atoms with E-state index in [-0.39, 0.29) is 5.41 Å². The molecule has 3 heterocycles. The molecule has 3 aliphatic heterocycles. The van der Waals surface area contributed by atoms with Crippen molar-refractivity contribution in [3.63, 3.8) is 0 Å². The molecule has 1 saturated heterocycles. The van der Waals surface area contributed by atoms with Crippen molar-refractivity contribution in [2.24, 2.45) is 29.1 Å². The van der Waals surface area contributed by atoms with Crippen molar-refractivity contribution in [2.75, 3.05) is 0 Å². The first-order chi connectivity index (χ1) is 25.8. The summed E-state index contributed by atoms with van der Waals surface area (Å²) in [6.07, 6.45) is 61.3. The van der Waals surface area contributed by atoms with Gasteiger partial charge in [-0.2, -0.15) is 0 Å². The molecule has 3 heteroatoms. The summed E-state index contributed by atoms with van der Waals surface area (Å²) < 4.78 is 0. The Hall–Kier alpha value is -2.88. The third-order valence-electron chi connectivity index (χ3n) is 14.5. The second-order valence-corrected chi connectivity index (χ2v) is 19.8. The van der Waals surface area contributed by atoms with Crippen LogP contribution in [-0.2, 0) is 0 Å². The molecule has 0 amide bonds. The minimum absolute atomic E-state index is 0.00674. The van der Waals surface area contributed by atoms with Crippen LogP contribution < -0.4 is 0 Å². The largest absolute Gasteiger partial charge is 0.345 e. The molecule has 9 atom stereocenters. The highest BCUT2D eigenvalue weighted by atomic mass is 32.2. The number of fused-ring (bicyclic) bond motifs is 9. The van der Waals surface area contributed by atoms with E-state index < -0.39 is 0 Å². The van der Waals surface area contributed by atoms with Gasteiger partial charge in [-0.15, -0.1) is 23.5 Å². The molecule has 1 nitrogen and oxygen atoms in total. The Kier molecular flexibility index (Phi) is 8.23. The van der Waals surface area contributed by atoms with Gasteiger partial charge in [-0.1, -0.05) is 103 Å². The van der Waals surface area contributed by atoms with E-state index in [9.17, 15) is 0 Å². The maximum Gasteiger partial charge on any atom is 0.0448 e. The van der Waals surface area contributed by atoms with Gasteiger partial charge in [0.1, 0.15) is 0 Å². The van der Waals surface area contributed by atoms with E-state index in [0.29, 0.717) is 45.5 Å².